The highest BCUT2D eigenvalue weighted by Crippen LogP contribution is 2.29. The molecule has 4 heteroatoms. The van der Waals surface area contributed by atoms with Crippen LogP contribution in [0.2, 0.25) is 0 Å². The summed E-state index contributed by atoms with van der Waals surface area (Å²) in [7, 11) is 0. The van der Waals surface area contributed by atoms with Gasteiger partial charge in [0.05, 0.1) is 5.69 Å². The zero-order valence-electron chi connectivity index (χ0n) is 10.9. The first kappa shape index (κ1) is 12.7. The first-order valence-electron chi connectivity index (χ1n) is 6.66. The van der Waals surface area contributed by atoms with Gasteiger partial charge in [0.25, 0.3) is 0 Å². The van der Waals surface area contributed by atoms with E-state index in [0.717, 1.165) is 44.5 Å². The van der Waals surface area contributed by atoms with E-state index in [9.17, 15) is 4.79 Å². The number of nitrogens with two attached hydrogens (primary N) is 1. The number of nitrogens with one attached hydrogen (secondary N) is 1. The van der Waals surface area contributed by atoms with Gasteiger partial charge in [-0.2, -0.15) is 0 Å². The number of urea groups is 1. The molecule has 0 aromatic heterocycles. The highest BCUT2D eigenvalue weighted by atomic mass is 16.2. The fourth-order valence-electron chi connectivity index (χ4n) is 2.27. The van der Waals surface area contributed by atoms with E-state index >= 15 is 0 Å². The van der Waals surface area contributed by atoms with Gasteiger partial charge in [-0.3, -0.25) is 4.90 Å². The smallest absolute Gasteiger partial charge is 0.321 e. The van der Waals surface area contributed by atoms with Crippen LogP contribution >= 0.6 is 0 Å². The maximum absolute atomic E-state index is 12.1. The first-order valence-corrected chi connectivity index (χ1v) is 6.66. The van der Waals surface area contributed by atoms with Crippen LogP contribution < -0.4 is 16.0 Å². The van der Waals surface area contributed by atoms with Crippen molar-refractivity contribution in [2.45, 2.75) is 32.6 Å². The summed E-state index contributed by atoms with van der Waals surface area (Å²) in [6.07, 6.45) is 4.14. The molecule has 0 unspecified atom stereocenters. The molecule has 4 nitrogen and oxygen atoms in total. The number of carbonyl (C=O) groups excluding carboxylic acids is 1. The number of benzene rings is 1. The van der Waals surface area contributed by atoms with Crippen molar-refractivity contribution in [3.05, 3.63) is 23.8 Å². The lowest BCUT2D eigenvalue weighted by Gasteiger charge is -2.29. The molecular weight excluding hydrogens is 226 g/mol. The third-order valence-electron chi connectivity index (χ3n) is 3.28. The van der Waals surface area contributed by atoms with Crippen LogP contribution in [0.4, 0.5) is 16.2 Å². The molecule has 18 heavy (non-hydrogen) atoms. The Morgan fingerprint density at radius 1 is 1.50 bits per heavy atom. The van der Waals surface area contributed by atoms with Crippen LogP contribution in [0, 0.1) is 0 Å². The summed E-state index contributed by atoms with van der Waals surface area (Å²) in [5.41, 5.74) is 8.69. The van der Waals surface area contributed by atoms with Crippen molar-refractivity contribution < 1.29 is 4.79 Å². The molecule has 0 spiro atoms. The van der Waals surface area contributed by atoms with Crippen molar-refractivity contribution in [1.29, 1.82) is 0 Å². The lowest BCUT2D eigenvalue weighted by molar-refractivity contribution is 0.245. The van der Waals surface area contributed by atoms with E-state index in [1.54, 1.807) is 0 Å². The molecular formula is C14H21N3O. The molecule has 0 radical (unpaired) electrons. The molecule has 0 aliphatic carbocycles. The van der Waals surface area contributed by atoms with Crippen molar-refractivity contribution in [3.8, 4) is 0 Å². The summed E-state index contributed by atoms with van der Waals surface area (Å²) in [5, 5.41) is 2.96. The number of carbonyl (C=O) groups is 1. The van der Waals surface area contributed by atoms with Crippen molar-refractivity contribution in [2.24, 2.45) is 0 Å². The van der Waals surface area contributed by atoms with Gasteiger partial charge in [0, 0.05) is 18.8 Å². The summed E-state index contributed by atoms with van der Waals surface area (Å²) in [6.45, 7) is 3.63. The van der Waals surface area contributed by atoms with Crippen molar-refractivity contribution >= 4 is 17.4 Å². The van der Waals surface area contributed by atoms with Gasteiger partial charge in [-0.15, -0.1) is 0 Å². The summed E-state index contributed by atoms with van der Waals surface area (Å²) in [5.74, 6) is 0. The number of nitrogens with zero attached hydrogens (tertiary/aromatic N) is 1. The van der Waals surface area contributed by atoms with Crippen LogP contribution in [-0.4, -0.2) is 19.1 Å². The van der Waals surface area contributed by atoms with Gasteiger partial charge in [-0.25, -0.2) is 4.79 Å². The Balaban J connectivity index is 2.11. The Morgan fingerprint density at radius 3 is 3.11 bits per heavy atom. The van der Waals surface area contributed by atoms with Gasteiger partial charge in [0.15, 0.2) is 0 Å². The van der Waals surface area contributed by atoms with Crippen molar-refractivity contribution in [3.63, 3.8) is 0 Å². The quantitative estimate of drug-likeness (QED) is 0.637. The third-order valence-corrected chi connectivity index (χ3v) is 3.28. The lowest BCUT2D eigenvalue weighted by Crippen LogP contribution is -2.43. The maximum atomic E-state index is 12.1. The van der Waals surface area contributed by atoms with E-state index in [1.165, 1.54) is 5.56 Å². The summed E-state index contributed by atoms with van der Waals surface area (Å²) in [6, 6.07) is 5.82. The third kappa shape index (κ3) is 2.75. The van der Waals surface area contributed by atoms with E-state index in [2.05, 4.69) is 12.2 Å². The molecule has 0 fully saturated rings. The molecule has 2 amide bonds. The molecule has 0 bridgehead atoms. The number of amides is 2. The van der Waals surface area contributed by atoms with E-state index in [0.29, 0.717) is 5.69 Å². The van der Waals surface area contributed by atoms with Crippen LogP contribution in [0.15, 0.2) is 18.2 Å². The molecule has 0 saturated heterocycles. The van der Waals surface area contributed by atoms with Crippen molar-refractivity contribution in [1.82, 2.24) is 5.32 Å². The fraction of sp³-hybridized carbons (Fsp3) is 0.500. The van der Waals surface area contributed by atoms with E-state index in [-0.39, 0.29) is 6.03 Å². The van der Waals surface area contributed by atoms with E-state index in [1.807, 2.05) is 23.1 Å². The second-order valence-electron chi connectivity index (χ2n) is 4.73. The molecule has 0 atom stereocenters. The molecule has 1 aromatic rings. The Kier molecular flexibility index (Phi) is 4.07. The topological polar surface area (TPSA) is 58.4 Å². The van der Waals surface area contributed by atoms with Gasteiger partial charge in [0.1, 0.15) is 0 Å². The molecule has 1 heterocycles. The zero-order valence-corrected chi connectivity index (χ0v) is 10.9. The van der Waals surface area contributed by atoms with Crippen molar-refractivity contribution in [2.75, 3.05) is 23.7 Å². The fourth-order valence-corrected chi connectivity index (χ4v) is 2.27. The highest BCUT2D eigenvalue weighted by Gasteiger charge is 2.22. The minimum atomic E-state index is -0.00463. The minimum Gasteiger partial charge on any atom is -0.399 e. The largest absolute Gasteiger partial charge is 0.399 e. The summed E-state index contributed by atoms with van der Waals surface area (Å²) >= 11 is 0. The van der Waals surface area contributed by atoms with Crippen LogP contribution in [0.25, 0.3) is 0 Å². The second-order valence-corrected chi connectivity index (χ2v) is 4.73. The van der Waals surface area contributed by atoms with Gasteiger partial charge in [0.2, 0.25) is 0 Å². The van der Waals surface area contributed by atoms with Gasteiger partial charge in [-0.1, -0.05) is 19.4 Å². The lowest BCUT2D eigenvalue weighted by atomic mass is 10.0. The predicted molar refractivity (Wildman–Crippen MR) is 74.8 cm³/mol. The number of aryl methyl sites for hydroxylation is 1. The number of rotatable bonds is 3. The Bertz CT molecular complexity index is 431. The van der Waals surface area contributed by atoms with Crippen LogP contribution in [-0.2, 0) is 6.42 Å². The average Bonchev–Trinajstić information content (AvgIpc) is 2.38. The average molecular weight is 247 g/mol. The van der Waals surface area contributed by atoms with E-state index in [4.69, 9.17) is 5.73 Å². The minimum absolute atomic E-state index is 0.00463. The number of hydrogen-bond donors (Lipinski definition) is 2. The SMILES string of the molecule is CCCCNC(=O)N1CCCc2ccc(N)cc21. The maximum Gasteiger partial charge on any atom is 0.321 e. The van der Waals surface area contributed by atoms with Gasteiger partial charge in [-0.05, 0) is 37.0 Å². The standard InChI is InChI=1S/C14H21N3O/c1-2-3-8-16-14(18)17-9-4-5-11-6-7-12(15)10-13(11)17/h6-7,10H,2-5,8-9,15H2,1H3,(H,16,18). The summed E-state index contributed by atoms with van der Waals surface area (Å²) < 4.78 is 0. The zero-order chi connectivity index (χ0) is 13.0. The predicted octanol–water partition coefficient (Wildman–Crippen LogP) is 2.53. The Hall–Kier alpha value is -1.71. The molecule has 1 aliphatic rings. The first-order chi connectivity index (χ1) is 8.72. The number of hydrogen-bond acceptors (Lipinski definition) is 2. The number of fused-ring (bicyclic) bond motifs is 1. The molecule has 1 aromatic carbocycles. The molecule has 2 rings (SSSR count). The monoisotopic (exact) mass is 247 g/mol. The summed E-state index contributed by atoms with van der Waals surface area (Å²) in [4.78, 5) is 13.9. The Labute approximate surface area is 108 Å². The molecule has 0 saturated carbocycles. The second kappa shape index (κ2) is 5.76. The van der Waals surface area contributed by atoms with E-state index < -0.39 is 0 Å². The normalized spacial score (nSPS) is 14.2. The van der Waals surface area contributed by atoms with Crippen LogP contribution in [0.5, 0.6) is 0 Å². The molecule has 98 valence electrons. The van der Waals surface area contributed by atoms with Crippen LogP contribution in [0.3, 0.4) is 0 Å². The van der Waals surface area contributed by atoms with Gasteiger partial charge >= 0.3 is 6.03 Å². The number of nitrogen functional groups attached to an aromatic ring is 1. The van der Waals surface area contributed by atoms with Gasteiger partial charge < -0.3 is 11.1 Å². The Morgan fingerprint density at radius 2 is 2.33 bits per heavy atom. The highest BCUT2D eigenvalue weighted by molar-refractivity contribution is 5.93. The van der Waals surface area contributed by atoms with Crippen LogP contribution in [0.1, 0.15) is 31.7 Å². The molecule has 1 aliphatic heterocycles. The number of unbranched alkanes of at least 4 members (excludes halogenated alkanes) is 1. The number of anilines is 2. The molecule has 3 N–H and O–H groups in total.